The number of fused-ring (bicyclic) bond motifs is 1. The van der Waals surface area contributed by atoms with Gasteiger partial charge in [0.2, 0.25) is 5.95 Å². The molecule has 9 nitrogen and oxygen atoms in total. The van der Waals surface area contributed by atoms with Gasteiger partial charge in [0.15, 0.2) is 0 Å². The Bertz CT molecular complexity index is 1320. The molecular formula is C24H28N8O. The maximum Gasteiger partial charge on any atom is 0.261 e. The number of pyridine rings is 1. The van der Waals surface area contributed by atoms with Crippen molar-refractivity contribution in [3.8, 4) is 11.3 Å². The van der Waals surface area contributed by atoms with Crippen LogP contribution in [0.5, 0.6) is 0 Å². The van der Waals surface area contributed by atoms with Crippen LogP contribution in [0.4, 0.5) is 17.3 Å². The van der Waals surface area contributed by atoms with E-state index < -0.39 is 0 Å². The Kier molecular flexibility index (Phi) is 5.55. The zero-order chi connectivity index (χ0) is 22.9. The summed E-state index contributed by atoms with van der Waals surface area (Å²) in [6, 6.07) is 11.9. The first kappa shape index (κ1) is 21.1. The van der Waals surface area contributed by atoms with Crippen LogP contribution < -0.4 is 21.1 Å². The Hall–Kier alpha value is -3.72. The van der Waals surface area contributed by atoms with E-state index in [1.165, 1.54) is 5.69 Å². The summed E-state index contributed by atoms with van der Waals surface area (Å²) < 4.78 is 1.72. The largest absolute Gasteiger partial charge is 0.369 e. The number of hydrogen-bond acceptors (Lipinski definition) is 7. The summed E-state index contributed by atoms with van der Waals surface area (Å²) in [5.74, 6) is 0.470. The molecule has 5 rings (SSSR count). The van der Waals surface area contributed by atoms with Crippen LogP contribution in [-0.2, 0) is 0 Å². The highest BCUT2D eigenvalue weighted by Gasteiger charge is 2.18. The highest BCUT2D eigenvalue weighted by molar-refractivity contribution is 5.84. The molecule has 1 aromatic carbocycles. The lowest BCUT2D eigenvalue weighted by atomic mass is 10.1. The smallest absolute Gasteiger partial charge is 0.261 e. The summed E-state index contributed by atoms with van der Waals surface area (Å²) in [4.78, 5) is 25.1. The van der Waals surface area contributed by atoms with Crippen LogP contribution in [0.2, 0.25) is 0 Å². The molecule has 170 valence electrons. The maximum absolute atomic E-state index is 13.3. The van der Waals surface area contributed by atoms with Crippen molar-refractivity contribution in [2.75, 3.05) is 36.4 Å². The molecule has 1 aliphatic heterocycles. The fourth-order valence-corrected chi connectivity index (χ4v) is 4.29. The molecule has 1 fully saturated rings. The summed E-state index contributed by atoms with van der Waals surface area (Å²) in [5, 5.41) is 14.4. The molecule has 0 bridgehead atoms. The monoisotopic (exact) mass is 444 g/mol. The van der Waals surface area contributed by atoms with Gasteiger partial charge in [-0.25, -0.2) is 4.98 Å². The van der Waals surface area contributed by atoms with Crippen LogP contribution in [-0.4, -0.2) is 50.9 Å². The number of anilines is 3. The molecule has 3 N–H and O–H groups in total. The third kappa shape index (κ3) is 4.07. The van der Waals surface area contributed by atoms with E-state index in [2.05, 4.69) is 42.8 Å². The van der Waals surface area contributed by atoms with Gasteiger partial charge in [0, 0.05) is 55.2 Å². The molecule has 0 radical (unpaired) electrons. The standard InChI is InChI=1S/C24H28N8O/c1-15(2)32-22-19(14-20(23(32)33)21-8-9-26-30-21)16(3)27-24(29-22)28-17-4-6-18(7-5-17)31-12-10-25-11-13-31/h4-9,14-15,25H,10-13H2,1-3H3,(H,26,30)(H,27,28,29). The van der Waals surface area contributed by atoms with Crippen molar-refractivity contribution < 1.29 is 0 Å². The third-order valence-corrected chi connectivity index (χ3v) is 6.00. The number of aryl methyl sites for hydroxylation is 1. The second-order valence-corrected chi connectivity index (χ2v) is 8.58. The van der Waals surface area contributed by atoms with E-state index in [0.29, 0.717) is 22.9 Å². The van der Waals surface area contributed by atoms with Crippen LogP contribution >= 0.6 is 0 Å². The van der Waals surface area contributed by atoms with Gasteiger partial charge in [0.1, 0.15) is 5.65 Å². The molecular weight excluding hydrogens is 416 g/mol. The van der Waals surface area contributed by atoms with E-state index in [1.807, 2.05) is 39.0 Å². The highest BCUT2D eigenvalue weighted by atomic mass is 16.1. The summed E-state index contributed by atoms with van der Waals surface area (Å²) >= 11 is 0. The normalized spacial score (nSPS) is 14.2. The van der Waals surface area contributed by atoms with Crippen molar-refractivity contribution >= 4 is 28.4 Å². The number of aromatic amines is 1. The average Bonchev–Trinajstić information content (AvgIpc) is 3.34. The second kappa shape index (κ2) is 8.67. The Morgan fingerprint density at radius 1 is 1.06 bits per heavy atom. The summed E-state index contributed by atoms with van der Waals surface area (Å²) in [6.45, 7) is 9.93. The topological polar surface area (TPSA) is 104 Å². The summed E-state index contributed by atoms with van der Waals surface area (Å²) in [5.41, 5.74) is 4.66. The van der Waals surface area contributed by atoms with Gasteiger partial charge in [0.25, 0.3) is 5.56 Å². The lowest BCUT2D eigenvalue weighted by Crippen LogP contribution is -2.43. The van der Waals surface area contributed by atoms with Crippen LogP contribution in [0.15, 0.2) is 47.4 Å². The predicted molar refractivity (Wildman–Crippen MR) is 131 cm³/mol. The van der Waals surface area contributed by atoms with Crippen molar-refractivity contribution in [3.63, 3.8) is 0 Å². The minimum Gasteiger partial charge on any atom is -0.369 e. The Morgan fingerprint density at radius 2 is 1.82 bits per heavy atom. The number of piperazine rings is 1. The highest BCUT2D eigenvalue weighted by Crippen LogP contribution is 2.25. The number of aromatic nitrogens is 5. The van der Waals surface area contributed by atoms with Gasteiger partial charge in [0.05, 0.1) is 17.0 Å². The van der Waals surface area contributed by atoms with Crippen LogP contribution in [0, 0.1) is 6.92 Å². The van der Waals surface area contributed by atoms with Crippen LogP contribution in [0.1, 0.15) is 25.6 Å². The second-order valence-electron chi connectivity index (χ2n) is 8.58. The van der Waals surface area contributed by atoms with Gasteiger partial charge in [-0.15, -0.1) is 0 Å². The van der Waals surface area contributed by atoms with Crippen molar-refractivity contribution in [2.24, 2.45) is 0 Å². The number of hydrogen-bond donors (Lipinski definition) is 3. The molecule has 9 heteroatoms. The molecule has 0 atom stereocenters. The number of nitrogens with zero attached hydrogens (tertiary/aromatic N) is 5. The van der Waals surface area contributed by atoms with E-state index in [1.54, 1.807) is 16.8 Å². The number of rotatable bonds is 5. The quantitative estimate of drug-likeness (QED) is 0.434. The molecule has 0 amide bonds. The van der Waals surface area contributed by atoms with Crippen molar-refractivity contribution in [1.82, 2.24) is 30.0 Å². The van der Waals surface area contributed by atoms with Crippen molar-refractivity contribution in [2.45, 2.75) is 26.8 Å². The lowest BCUT2D eigenvalue weighted by molar-refractivity contribution is 0.589. The number of nitrogens with one attached hydrogen (secondary N) is 3. The zero-order valence-corrected chi connectivity index (χ0v) is 19.1. The Labute approximate surface area is 191 Å². The van der Waals surface area contributed by atoms with Crippen molar-refractivity contribution in [3.05, 3.63) is 58.6 Å². The zero-order valence-electron chi connectivity index (χ0n) is 19.1. The van der Waals surface area contributed by atoms with E-state index >= 15 is 0 Å². The Morgan fingerprint density at radius 3 is 2.48 bits per heavy atom. The molecule has 0 saturated carbocycles. The molecule has 0 aliphatic carbocycles. The molecule has 1 aliphatic rings. The fraction of sp³-hybridized carbons (Fsp3) is 0.333. The average molecular weight is 445 g/mol. The van der Waals surface area contributed by atoms with Gasteiger partial charge < -0.3 is 15.5 Å². The van der Waals surface area contributed by atoms with E-state index in [4.69, 9.17) is 4.98 Å². The first-order valence-electron chi connectivity index (χ1n) is 11.3. The van der Waals surface area contributed by atoms with E-state index in [-0.39, 0.29) is 11.6 Å². The SMILES string of the molecule is Cc1nc(Nc2ccc(N3CCNCC3)cc2)nc2c1cc(-c1ccn[nH]1)c(=O)n2C(C)C. The number of H-pyrrole nitrogens is 1. The van der Waals surface area contributed by atoms with Gasteiger partial charge in [-0.05, 0) is 57.2 Å². The molecule has 0 unspecified atom stereocenters. The molecule has 3 aromatic heterocycles. The first-order chi connectivity index (χ1) is 16.0. The molecule has 33 heavy (non-hydrogen) atoms. The Balaban J connectivity index is 1.51. The fourth-order valence-electron chi connectivity index (χ4n) is 4.29. The van der Waals surface area contributed by atoms with Gasteiger partial charge in [-0.3, -0.25) is 14.5 Å². The van der Waals surface area contributed by atoms with E-state index in [0.717, 1.165) is 42.9 Å². The number of benzene rings is 1. The summed E-state index contributed by atoms with van der Waals surface area (Å²) in [7, 11) is 0. The predicted octanol–water partition coefficient (Wildman–Crippen LogP) is 3.22. The van der Waals surface area contributed by atoms with Crippen LogP contribution in [0.3, 0.4) is 0 Å². The molecule has 4 heterocycles. The lowest BCUT2D eigenvalue weighted by Gasteiger charge is -2.29. The van der Waals surface area contributed by atoms with E-state index in [9.17, 15) is 4.79 Å². The van der Waals surface area contributed by atoms with Gasteiger partial charge >= 0.3 is 0 Å². The molecule has 0 spiro atoms. The van der Waals surface area contributed by atoms with Crippen molar-refractivity contribution in [1.29, 1.82) is 0 Å². The van der Waals surface area contributed by atoms with Gasteiger partial charge in [-0.2, -0.15) is 10.1 Å². The minimum atomic E-state index is -0.105. The van der Waals surface area contributed by atoms with Gasteiger partial charge in [-0.1, -0.05) is 0 Å². The minimum absolute atomic E-state index is 0.0664. The summed E-state index contributed by atoms with van der Waals surface area (Å²) in [6.07, 6.45) is 1.64. The third-order valence-electron chi connectivity index (χ3n) is 6.00. The molecule has 4 aromatic rings. The maximum atomic E-state index is 13.3. The molecule has 1 saturated heterocycles. The first-order valence-corrected chi connectivity index (χ1v) is 11.3. The van der Waals surface area contributed by atoms with Crippen LogP contribution in [0.25, 0.3) is 22.3 Å².